The van der Waals surface area contributed by atoms with Crippen LogP contribution in [0.3, 0.4) is 0 Å². The van der Waals surface area contributed by atoms with E-state index in [2.05, 4.69) is 6.58 Å². The Kier molecular flexibility index (Phi) is 3.68. The van der Waals surface area contributed by atoms with E-state index >= 15 is 0 Å². The first kappa shape index (κ1) is 10.8. The van der Waals surface area contributed by atoms with Crippen molar-refractivity contribution in [2.45, 2.75) is 31.7 Å². The van der Waals surface area contributed by atoms with Crippen LogP contribution in [0.25, 0.3) is 0 Å². The van der Waals surface area contributed by atoms with Crippen molar-refractivity contribution < 1.29 is 14.7 Å². The van der Waals surface area contributed by atoms with Crippen molar-refractivity contribution >= 4 is 11.9 Å². The van der Waals surface area contributed by atoms with E-state index in [4.69, 9.17) is 5.11 Å². The van der Waals surface area contributed by atoms with Crippen LogP contribution in [0.5, 0.6) is 0 Å². The highest BCUT2D eigenvalue weighted by molar-refractivity contribution is 5.87. The first-order valence-corrected chi connectivity index (χ1v) is 4.80. The van der Waals surface area contributed by atoms with Gasteiger partial charge in [-0.3, -0.25) is 9.59 Å². The third kappa shape index (κ3) is 2.58. The molecule has 1 unspecified atom stereocenters. The summed E-state index contributed by atoms with van der Waals surface area (Å²) < 4.78 is 0. The van der Waals surface area contributed by atoms with Crippen LogP contribution in [0, 0.1) is 0 Å². The average molecular weight is 197 g/mol. The second-order valence-corrected chi connectivity index (χ2v) is 3.48. The normalized spacial score (nSPS) is 21.7. The summed E-state index contributed by atoms with van der Waals surface area (Å²) in [6, 6.07) is -0.147. The van der Waals surface area contributed by atoms with Gasteiger partial charge >= 0.3 is 5.97 Å². The lowest BCUT2D eigenvalue weighted by molar-refractivity contribution is -0.140. The van der Waals surface area contributed by atoms with Gasteiger partial charge in [-0.2, -0.15) is 0 Å². The molecule has 0 aromatic carbocycles. The van der Waals surface area contributed by atoms with Crippen molar-refractivity contribution in [1.29, 1.82) is 0 Å². The second kappa shape index (κ2) is 4.79. The molecular formula is C10H15NO3. The Balaban J connectivity index is 2.63. The van der Waals surface area contributed by atoms with E-state index in [0.717, 1.165) is 19.3 Å². The number of hydrogen-bond donors (Lipinski definition) is 1. The number of likely N-dealkylation sites (tertiary alicyclic amines) is 1. The summed E-state index contributed by atoms with van der Waals surface area (Å²) in [5.41, 5.74) is 0. The van der Waals surface area contributed by atoms with Crippen LogP contribution in [-0.4, -0.2) is 34.5 Å². The molecule has 1 saturated heterocycles. The number of aliphatic carboxylic acids is 1. The molecule has 0 aromatic heterocycles. The van der Waals surface area contributed by atoms with Crippen molar-refractivity contribution in [3.63, 3.8) is 0 Å². The van der Waals surface area contributed by atoms with E-state index in [1.54, 1.807) is 4.90 Å². The number of piperidine rings is 1. The van der Waals surface area contributed by atoms with Gasteiger partial charge in [-0.05, 0) is 25.3 Å². The van der Waals surface area contributed by atoms with E-state index in [1.165, 1.54) is 6.08 Å². The minimum absolute atomic E-state index is 0.0412. The van der Waals surface area contributed by atoms with Gasteiger partial charge in [-0.25, -0.2) is 0 Å². The van der Waals surface area contributed by atoms with E-state index in [0.29, 0.717) is 6.54 Å². The van der Waals surface area contributed by atoms with Gasteiger partial charge in [0.25, 0.3) is 0 Å². The smallest absolute Gasteiger partial charge is 0.305 e. The van der Waals surface area contributed by atoms with Crippen LogP contribution in [-0.2, 0) is 9.59 Å². The number of hydrogen-bond acceptors (Lipinski definition) is 2. The quantitative estimate of drug-likeness (QED) is 0.687. The Labute approximate surface area is 83.2 Å². The van der Waals surface area contributed by atoms with Gasteiger partial charge in [-0.15, -0.1) is 0 Å². The zero-order valence-corrected chi connectivity index (χ0v) is 8.11. The van der Waals surface area contributed by atoms with Gasteiger partial charge in [0.1, 0.15) is 0 Å². The Hall–Kier alpha value is -1.32. The molecule has 1 heterocycles. The lowest BCUT2D eigenvalue weighted by Crippen LogP contribution is -2.43. The van der Waals surface area contributed by atoms with Gasteiger partial charge in [0, 0.05) is 12.6 Å². The van der Waals surface area contributed by atoms with Gasteiger partial charge < -0.3 is 10.0 Å². The highest BCUT2D eigenvalue weighted by Gasteiger charge is 2.26. The summed E-state index contributed by atoms with van der Waals surface area (Å²) in [6.07, 6.45) is 4.03. The van der Waals surface area contributed by atoms with Gasteiger partial charge in [0.2, 0.25) is 5.91 Å². The van der Waals surface area contributed by atoms with Crippen LogP contribution in [0.4, 0.5) is 0 Å². The topological polar surface area (TPSA) is 57.6 Å². The molecule has 0 bridgehead atoms. The van der Waals surface area contributed by atoms with E-state index in [9.17, 15) is 9.59 Å². The fraction of sp³-hybridized carbons (Fsp3) is 0.600. The van der Waals surface area contributed by atoms with E-state index in [-0.39, 0.29) is 18.4 Å². The Morgan fingerprint density at radius 1 is 1.50 bits per heavy atom. The summed E-state index contributed by atoms with van der Waals surface area (Å²) in [5.74, 6) is -1.00. The molecule has 1 fully saturated rings. The van der Waals surface area contributed by atoms with E-state index in [1.807, 2.05) is 0 Å². The van der Waals surface area contributed by atoms with Crippen LogP contribution < -0.4 is 0 Å². The minimum atomic E-state index is -0.848. The number of nitrogens with zero attached hydrogens (tertiary/aromatic N) is 1. The molecule has 0 saturated carbocycles. The van der Waals surface area contributed by atoms with Gasteiger partial charge in [-0.1, -0.05) is 6.58 Å². The summed E-state index contributed by atoms with van der Waals surface area (Å²) in [7, 11) is 0. The molecule has 1 atom stereocenters. The molecule has 0 radical (unpaired) electrons. The largest absolute Gasteiger partial charge is 0.481 e. The van der Waals surface area contributed by atoms with Crippen molar-refractivity contribution in [3.8, 4) is 0 Å². The molecule has 0 spiro atoms. The third-order valence-electron chi connectivity index (χ3n) is 2.50. The molecular weight excluding hydrogens is 182 g/mol. The molecule has 1 aliphatic rings. The number of amides is 1. The molecule has 78 valence electrons. The maximum absolute atomic E-state index is 11.4. The maximum atomic E-state index is 11.4. The lowest BCUT2D eigenvalue weighted by atomic mass is 9.99. The van der Waals surface area contributed by atoms with Crippen molar-refractivity contribution in [3.05, 3.63) is 12.7 Å². The zero-order valence-electron chi connectivity index (χ0n) is 8.11. The number of carboxylic acid groups (broad SMARTS) is 1. The zero-order chi connectivity index (χ0) is 10.6. The van der Waals surface area contributed by atoms with Gasteiger partial charge in [0.15, 0.2) is 0 Å². The maximum Gasteiger partial charge on any atom is 0.305 e. The van der Waals surface area contributed by atoms with Crippen LogP contribution in [0.2, 0.25) is 0 Å². The third-order valence-corrected chi connectivity index (χ3v) is 2.50. The molecule has 0 aliphatic carbocycles. The minimum Gasteiger partial charge on any atom is -0.481 e. The highest BCUT2D eigenvalue weighted by Crippen LogP contribution is 2.19. The predicted molar refractivity (Wildman–Crippen MR) is 51.8 cm³/mol. The molecule has 4 heteroatoms. The molecule has 1 aliphatic heterocycles. The first-order valence-electron chi connectivity index (χ1n) is 4.80. The van der Waals surface area contributed by atoms with Crippen molar-refractivity contribution in [2.75, 3.05) is 6.54 Å². The summed E-state index contributed by atoms with van der Waals surface area (Å²) >= 11 is 0. The number of carbonyl (C=O) groups is 2. The van der Waals surface area contributed by atoms with Crippen molar-refractivity contribution in [2.24, 2.45) is 0 Å². The number of rotatable bonds is 3. The van der Waals surface area contributed by atoms with Crippen molar-refractivity contribution in [1.82, 2.24) is 4.90 Å². The molecule has 4 nitrogen and oxygen atoms in total. The average Bonchev–Trinajstić information content (AvgIpc) is 2.16. The second-order valence-electron chi connectivity index (χ2n) is 3.48. The predicted octanol–water partition coefficient (Wildman–Crippen LogP) is 1.03. The summed E-state index contributed by atoms with van der Waals surface area (Å²) in [6.45, 7) is 4.07. The molecule has 1 rings (SSSR count). The highest BCUT2D eigenvalue weighted by atomic mass is 16.4. The molecule has 1 N–H and O–H groups in total. The fourth-order valence-electron chi connectivity index (χ4n) is 1.82. The lowest BCUT2D eigenvalue weighted by Gasteiger charge is -2.34. The summed E-state index contributed by atoms with van der Waals surface area (Å²) in [4.78, 5) is 23.5. The van der Waals surface area contributed by atoms with E-state index < -0.39 is 5.97 Å². The number of carbonyl (C=O) groups excluding carboxylic acids is 1. The molecule has 0 aromatic rings. The molecule has 14 heavy (non-hydrogen) atoms. The van der Waals surface area contributed by atoms with Crippen LogP contribution >= 0.6 is 0 Å². The fourth-order valence-corrected chi connectivity index (χ4v) is 1.82. The first-order chi connectivity index (χ1) is 6.65. The van der Waals surface area contributed by atoms with Gasteiger partial charge in [0.05, 0.1) is 6.42 Å². The Bertz CT molecular complexity index is 250. The monoisotopic (exact) mass is 197 g/mol. The Morgan fingerprint density at radius 3 is 2.79 bits per heavy atom. The van der Waals surface area contributed by atoms with Crippen LogP contribution in [0.15, 0.2) is 12.7 Å². The SMILES string of the molecule is C=CC(=O)N1CCCCC1CC(=O)O. The van der Waals surface area contributed by atoms with Crippen LogP contribution in [0.1, 0.15) is 25.7 Å². The Morgan fingerprint density at radius 2 is 2.21 bits per heavy atom. The molecule has 1 amide bonds. The number of carboxylic acids is 1. The summed E-state index contributed by atoms with van der Waals surface area (Å²) in [5, 5.41) is 8.67. The standard InChI is InChI=1S/C10H15NO3/c1-2-9(12)11-6-4-3-5-8(11)7-10(13)14/h2,8H,1,3-7H2,(H,13,14).